The van der Waals surface area contributed by atoms with E-state index < -0.39 is 0 Å². The first-order chi connectivity index (χ1) is 10.6. The van der Waals surface area contributed by atoms with Gasteiger partial charge in [-0.25, -0.2) is 0 Å². The summed E-state index contributed by atoms with van der Waals surface area (Å²) in [6.07, 6.45) is 4.20. The summed E-state index contributed by atoms with van der Waals surface area (Å²) < 4.78 is 5.48. The zero-order valence-corrected chi connectivity index (χ0v) is 16.7. The lowest BCUT2D eigenvalue weighted by Crippen LogP contribution is -2.43. The monoisotopic (exact) mass is 435 g/mol. The molecule has 2 unspecified atom stereocenters. The highest BCUT2D eigenvalue weighted by atomic mass is 127. The van der Waals surface area contributed by atoms with Crippen LogP contribution < -0.4 is 11.1 Å². The van der Waals surface area contributed by atoms with Crippen LogP contribution in [0.25, 0.3) is 0 Å². The molecule has 7 heteroatoms. The van der Waals surface area contributed by atoms with E-state index in [9.17, 15) is 0 Å². The first kappa shape index (κ1) is 20.2. The first-order valence-electron chi connectivity index (χ1n) is 8.09. The third kappa shape index (κ3) is 5.96. The molecule has 1 fully saturated rings. The highest BCUT2D eigenvalue weighted by Gasteiger charge is 2.22. The van der Waals surface area contributed by atoms with Crippen LogP contribution in [0, 0.1) is 0 Å². The smallest absolute Gasteiger partial charge is 0.188 e. The standard InChI is InChI=1S/C16H29N5O.HI/c1-4-21-9-5-7-13(21)11-18-16(17)19-12-14(20(2)3)15-8-6-10-22-15;/h6,8,10,13-14H,4-5,7,9,11-12H2,1-3H3,(H3,17,18,19);1H. The second-order valence-electron chi connectivity index (χ2n) is 6.03. The van der Waals surface area contributed by atoms with E-state index in [0.717, 1.165) is 18.8 Å². The van der Waals surface area contributed by atoms with E-state index >= 15 is 0 Å². The van der Waals surface area contributed by atoms with Gasteiger partial charge in [0.1, 0.15) is 5.76 Å². The van der Waals surface area contributed by atoms with Crippen LogP contribution in [0.4, 0.5) is 0 Å². The minimum Gasteiger partial charge on any atom is -0.468 e. The van der Waals surface area contributed by atoms with Crippen molar-refractivity contribution in [3.8, 4) is 0 Å². The third-order valence-electron chi connectivity index (χ3n) is 4.35. The molecule has 132 valence electrons. The van der Waals surface area contributed by atoms with E-state index in [-0.39, 0.29) is 30.0 Å². The van der Waals surface area contributed by atoms with Crippen molar-refractivity contribution in [1.82, 2.24) is 15.1 Å². The lowest BCUT2D eigenvalue weighted by atomic mass is 10.2. The Bertz CT molecular complexity index is 463. The van der Waals surface area contributed by atoms with E-state index in [1.165, 1.54) is 19.4 Å². The fourth-order valence-corrected chi connectivity index (χ4v) is 2.99. The number of furan rings is 1. The van der Waals surface area contributed by atoms with Gasteiger partial charge >= 0.3 is 0 Å². The highest BCUT2D eigenvalue weighted by molar-refractivity contribution is 14.0. The van der Waals surface area contributed by atoms with Crippen molar-refractivity contribution in [1.29, 1.82) is 0 Å². The molecule has 1 aromatic rings. The number of hydrogen-bond acceptors (Lipinski definition) is 4. The Morgan fingerprint density at radius 2 is 2.35 bits per heavy atom. The molecule has 0 radical (unpaired) electrons. The maximum atomic E-state index is 6.01. The van der Waals surface area contributed by atoms with E-state index in [1.807, 2.05) is 26.2 Å². The van der Waals surface area contributed by atoms with Gasteiger partial charge in [0.25, 0.3) is 0 Å². The summed E-state index contributed by atoms with van der Waals surface area (Å²) in [5.74, 6) is 1.43. The fraction of sp³-hybridized carbons (Fsp3) is 0.688. The van der Waals surface area contributed by atoms with Crippen LogP contribution in [-0.4, -0.2) is 62.1 Å². The van der Waals surface area contributed by atoms with Crippen LogP contribution >= 0.6 is 24.0 Å². The Kier molecular flexibility index (Phi) is 8.93. The molecule has 0 saturated carbocycles. The number of guanidine groups is 1. The number of hydrogen-bond donors (Lipinski definition) is 2. The van der Waals surface area contributed by atoms with Gasteiger partial charge in [-0.15, -0.1) is 24.0 Å². The second-order valence-corrected chi connectivity index (χ2v) is 6.03. The molecule has 1 aromatic heterocycles. The summed E-state index contributed by atoms with van der Waals surface area (Å²) in [6, 6.07) is 4.56. The number of likely N-dealkylation sites (tertiary alicyclic amines) is 1. The van der Waals surface area contributed by atoms with Gasteiger partial charge in [-0.1, -0.05) is 6.92 Å². The molecule has 23 heavy (non-hydrogen) atoms. The zero-order valence-electron chi connectivity index (χ0n) is 14.4. The van der Waals surface area contributed by atoms with Crippen LogP contribution in [0.15, 0.2) is 27.8 Å². The molecule has 2 rings (SSSR count). The van der Waals surface area contributed by atoms with Crippen molar-refractivity contribution in [2.75, 3.05) is 40.3 Å². The number of nitrogens with zero attached hydrogens (tertiary/aromatic N) is 3. The number of nitrogens with one attached hydrogen (secondary N) is 1. The van der Waals surface area contributed by atoms with Gasteiger partial charge in [0.15, 0.2) is 5.96 Å². The van der Waals surface area contributed by atoms with Crippen LogP contribution in [0.1, 0.15) is 31.6 Å². The normalized spacial score (nSPS) is 20.5. The molecular formula is C16H30IN5O. The van der Waals surface area contributed by atoms with Crippen LogP contribution in [0.3, 0.4) is 0 Å². The Hall–Kier alpha value is -0.800. The zero-order chi connectivity index (χ0) is 15.9. The average molecular weight is 435 g/mol. The van der Waals surface area contributed by atoms with Gasteiger partial charge < -0.3 is 15.5 Å². The number of aliphatic imine (C=N–C) groups is 1. The molecule has 0 aliphatic carbocycles. The van der Waals surface area contributed by atoms with E-state index in [1.54, 1.807) is 6.26 Å². The maximum Gasteiger partial charge on any atom is 0.188 e. The third-order valence-corrected chi connectivity index (χ3v) is 4.35. The summed E-state index contributed by atoms with van der Waals surface area (Å²) in [7, 11) is 4.04. The predicted molar refractivity (Wildman–Crippen MR) is 105 cm³/mol. The Labute approximate surface area is 156 Å². The van der Waals surface area contributed by atoms with Gasteiger partial charge in [0.05, 0.1) is 18.8 Å². The Morgan fingerprint density at radius 3 is 2.96 bits per heavy atom. The molecule has 3 N–H and O–H groups in total. The molecule has 0 spiro atoms. The van der Waals surface area contributed by atoms with Gasteiger partial charge in [-0.05, 0) is 52.2 Å². The predicted octanol–water partition coefficient (Wildman–Crippen LogP) is 1.89. The molecule has 0 bridgehead atoms. The molecular weight excluding hydrogens is 405 g/mol. The van der Waals surface area contributed by atoms with Crippen LogP contribution in [0.2, 0.25) is 0 Å². The van der Waals surface area contributed by atoms with Gasteiger partial charge in [0.2, 0.25) is 0 Å². The summed E-state index contributed by atoms with van der Waals surface area (Å²) in [6.45, 7) is 5.96. The summed E-state index contributed by atoms with van der Waals surface area (Å²) in [4.78, 5) is 9.06. The number of likely N-dealkylation sites (N-methyl/N-ethyl adjacent to an activating group) is 2. The van der Waals surface area contributed by atoms with Gasteiger partial charge in [-0.3, -0.25) is 14.8 Å². The van der Waals surface area contributed by atoms with Crippen LogP contribution in [-0.2, 0) is 0 Å². The Morgan fingerprint density at radius 1 is 1.57 bits per heavy atom. The van der Waals surface area contributed by atoms with Crippen molar-refractivity contribution in [2.45, 2.75) is 31.8 Å². The molecule has 0 amide bonds. The number of nitrogens with two attached hydrogens (primary N) is 1. The molecule has 1 aliphatic heterocycles. The van der Waals surface area contributed by atoms with Crippen LogP contribution in [0.5, 0.6) is 0 Å². The van der Waals surface area contributed by atoms with Crippen molar-refractivity contribution >= 4 is 29.9 Å². The second kappa shape index (κ2) is 10.1. The topological polar surface area (TPSA) is 70.0 Å². The van der Waals surface area contributed by atoms with Crippen molar-refractivity contribution in [3.05, 3.63) is 24.2 Å². The van der Waals surface area contributed by atoms with Gasteiger partial charge in [-0.2, -0.15) is 0 Å². The minimum absolute atomic E-state index is 0. The largest absolute Gasteiger partial charge is 0.468 e. The van der Waals surface area contributed by atoms with Crippen molar-refractivity contribution in [3.63, 3.8) is 0 Å². The van der Waals surface area contributed by atoms with Crippen molar-refractivity contribution in [2.24, 2.45) is 10.7 Å². The lowest BCUT2D eigenvalue weighted by Gasteiger charge is -2.23. The van der Waals surface area contributed by atoms with E-state index in [2.05, 4.69) is 27.0 Å². The fourth-order valence-electron chi connectivity index (χ4n) is 2.99. The quantitative estimate of drug-likeness (QED) is 0.389. The molecule has 6 nitrogen and oxygen atoms in total. The summed E-state index contributed by atoms with van der Waals surface area (Å²) >= 11 is 0. The molecule has 1 saturated heterocycles. The highest BCUT2D eigenvalue weighted by Crippen LogP contribution is 2.19. The van der Waals surface area contributed by atoms with E-state index in [0.29, 0.717) is 18.5 Å². The van der Waals surface area contributed by atoms with Crippen molar-refractivity contribution < 1.29 is 4.42 Å². The number of halogens is 1. The maximum absolute atomic E-state index is 6.01. The number of rotatable bonds is 7. The molecule has 0 aromatic carbocycles. The Balaban J connectivity index is 0.00000264. The van der Waals surface area contributed by atoms with Gasteiger partial charge in [0, 0.05) is 12.6 Å². The lowest BCUT2D eigenvalue weighted by molar-refractivity contribution is 0.263. The summed E-state index contributed by atoms with van der Waals surface area (Å²) in [5.41, 5.74) is 6.01. The molecule has 2 atom stereocenters. The molecule has 2 heterocycles. The minimum atomic E-state index is 0. The first-order valence-corrected chi connectivity index (χ1v) is 8.09. The average Bonchev–Trinajstić information content (AvgIpc) is 3.16. The summed E-state index contributed by atoms with van der Waals surface area (Å²) in [5, 5.41) is 3.27. The SMILES string of the molecule is CCN1CCCC1CNC(N)=NCC(c1ccco1)N(C)C.I. The molecule has 1 aliphatic rings. The van der Waals surface area contributed by atoms with E-state index in [4.69, 9.17) is 10.2 Å².